The van der Waals surface area contributed by atoms with Gasteiger partial charge >= 0.3 is 0 Å². The van der Waals surface area contributed by atoms with Gasteiger partial charge in [-0.25, -0.2) is 12.8 Å². The van der Waals surface area contributed by atoms with E-state index in [0.717, 1.165) is 38.1 Å². The molecule has 10 heteroatoms. The van der Waals surface area contributed by atoms with Crippen molar-refractivity contribution in [2.24, 2.45) is 5.92 Å². The van der Waals surface area contributed by atoms with Gasteiger partial charge in [-0.05, 0) is 37.9 Å². The summed E-state index contributed by atoms with van der Waals surface area (Å²) in [7, 11) is -3.96. The number of sulfonamides is 1. The summed E-state index contributed by atoms with van der Waals surface area (Å²) in [5, 5.41) is 5.62. The molecule has 1 amide bonds. The van der Waals surface area contributed by atoms with E-state index in [2.05, 4.69) is 10.6 Å². The highest BCUT2D eigenvalue weighted by molar-refractivity contribution is 7.89. The van der Waals surface area contributed by atoms with Crippen molar-refractivity contribution in [3.8, 4) is 0 Å². The van der Waals surface area contributed by atoms with Crippen LogP contribution in [0.1, 0.15) is 26.7 Å². The number of amides is 1. The molecule has 2 rings (SSSR count). The minimum absolute atomic E-state index is 0. The van der Waals surface area contributed by atoms with E-state index in [-0.39, 0.29) is 23.1 Å². The van der Waals surface area contributed by atoms with E-state index in [1.54, 1.807) is 0 Å². The molecule has 0 aliphatic carbocycles. The Morgan fingerprint density at radius 1 is 1.35 bits per heavy atom. The standard InChI is InChI=1S/C16H23ClFN3O3S.ClH/c1-3-19-10-12-4-6-21(7-5-12)25(23,24)16-8-13(17)15(9-14(16)18)20-11(2)22;/h8-9,12,19H,3-7,10H2,1-2H3,(H,20,22);1H. The molecule has 2 N–H and O–H groups in total. The van der Waals surface area contributed by atoms with E-state index < -0.39 is 26.6 Å². The Morgan fingerprint density at radius 3 is 2.50 bits per heavy atom. The van der Waals surface area contributed by atoms with E-state index >= 15 is 0 Å². The highest BCUT2D eigenvalue weighted by Crippen LogP contribution is 2.31. The van der Waals surface area contributed by atoms with Crippen LogP contribution in [0, 0.1) is 11.7 Å². The summed E-state index contributed by atoms with van der Waals surface area (Å²) in [6.07, 6.45) is 1.46. The van der Waals surface area contributed by atoms with Crippen molar-refractivity contribution >= 4 is 45.6 Å². The zero-order valence-corrected chi connectivity index (χ0v) is 17.1. The Labute approximate surface area is 164 Å². The topological polar surface area (TPSA) is 78.5 Å². The maximum atomic E-state index is 14.3. The number of carbonyl (C=O) groups excluding carboxylic acids is 1. The third-order valence-electron chi connectivity index (χ3n) is 4.21. The van der Waals surface area contributed by atoms with Gasteiger partial charge in [-0.2, -0.15) is 4.31 Å². The minimum Gasteiger partial charge on any atom is -0.325 e. The molecule has 0 atom stereocenters. The van der Waals surface area contributed by atoms with E-state index in [0.29, 0.717) is 19.0 Å². The number of nitrogens with one attached hydrogen (secondary N) is 2. The van der Waals surface area contributed by atoms with Crippen LogP contribution in [0.3, 0.4) is 0 Å². The Morgan fingerprint density at radius 2 is 1.96 bits per heavy atom. The summed E-state index contributed by atoms with van der Waals surface area (Å²) < 4.78 is 41.1. The van der Waals surface area contributed by atoms with Crippen LogP contribution in [0.25, 0.3) is 0 Å². The van der Waals surface area contributed by atoms with Gasteiger partial charge in [0.1, 0.15) is 10.7 Å². The van der Waals surface area contributed by atoms with Gasteiger partial charge < -0.3 is 10.6 Å². The van der Waals surface area contributed by atoms with Crippen molar-refractivity contribution < 1.29 is 17.6 Å². The van der Waals surface area contributed by atoms with Gasteiger partial charge in [0.05, 0.1) is 10.7 Å². The number of anilines is 1. The molecular weight excluding hydrogens is 404 g/mol. The molecule has 0 bridgehead atoms. The molecule has 1 saturated heterocycles. The van der Waals surface area contributed by atoms with Gasteiger partial charge in [0.25, 0.3) is 0 Å². The largest absolute Gasteiger partial charge is 0.325 e. The molecule has 1 aliphatic rings. The van der Waals surface area contributed by atoms with E-state index in [1.165, 1.54) is 11.2 Å². The smallest absolute Gasteiger partial charge is 0.246 e. The summed E-state index contributed by atoms with van der Waals surface area (Å²) >= 11 is 6.00. The second kappa shape index (κ2) is 9.85. The van der Waals surface area contributed by atoms with Gasteiger partial charge in [0, 0.05) is 26.1 Å². The SMILES string of the molecule is CCNCC1CCN(S(=O)(=O)c2cc(Cl)c(NC(C)=O)cc2F)CC1.Cl. The first kappa shape index (κ1) is 23.1. The van der Waals surface area contributed by atoms with Crippen LogP contribution in [-0.2, 0) is 14.8 Å². The average Bonchev–Trinajstić information content (AvgIpc) is 2.55. The molecule has 0 unspecified atom stereocenters. The lowest BCUT2D eigenvalue weighted by molar-refractivity contribution is -0.114. The van der Waals surface area contributed by atoms with Crippen molar-refractivity contribution in [1.82, 2.24) is 9.62 Å². The number of carbonyl (C=O) groups is 1. The maximum absolute atomic E-state index is 14.3. The van der Waals surface area contributed by atoms with Crippen LogP contribution in [0.15, 0.2) is 17.0 Å². The van der Waals surface area contributed by atoms with Crippen LogP contribution in [0.5, 0.6) is 0 Å². The van der Waals surface area contributed by atoms with Gasteiger partial charge in [-0.3, -0.25) is 4.79 Å². The Bertz CT molecular complexity index is 739. The fraction of sp³-hybridized carbons (Fsp3) is 0.562. The second-order valence-corrected chi connectivity index (χ2v) is 8.41. The van der Waals surface area contributed by atoms with Gasteiger partial charge in [-0.15, -0.1) is 12.4 Å². The van der Waals surface area contributed by atoms with Crippen LogP contribution >= 0.6 is 24.0 Å². The third kappa shape index (κ3) is 5.53. The molecular formula is C16H24Cl2FN3O3S. The number of halogens is 3. The normalized spacial score (nSPS) is 16.2. The van der Waals surface area contributed by atoms with Gasteiger partial charge in [0.2, 0.25) is 15.9 Å². The van der Waals surface area contributed by atoms with Crippen LogP contribution < -0.4 is 10.6 Å². The van der Waals surface area contributed by atoms with Crippen LogP contribution in [-0.4, -0.2) is 44.8 Å². The summed E-state index contributed by atoms with van der Waals surface area (Å²) in [5.74, 6) is -0.926. The number of hydrogen-bond donors (Lipinski definition) is 2. The highest BCUT2D eigenvalue weighted by Gasteiger charge is 2.32. The number of nitrogens with zero attached hydrogens (tertiary/aromatic N) is 1. The molecule has 0 saturated carbocycles. The molecule has 26 heavy (non-hydrogen) atoms. The monoisotopic (exact) mass is 427 g/mol. The van der Waals surface area contributed by atoms with Gasteiger partial charge in [-0.1, -0.05) is 18.5 Å². The number of benzene rings is 1. The summed E-state index contributed by atoms with van der Waals surface area (Å²) in [5.41, 5.74) is 0.0509. The third-order valence-corrected chi connectivity index (χ3v) is 6.43. The molecule has 1 aromatic rings. The zero-order valence-electron chi connectivity index (χ0n) is 14.7. The minimum atomic E-state index is -3.96. The van der Waals surface area contributed by atoms with Crippen molar-refractivity contribution in [2.75, 3.05) is 31.5 Å². The molecule has 148 valence electrons. The number of rotatable bonds is 6. The summed E-state index contributed by atoms with van der Waals surface area (Å²) in [4.78, 5) is 10.6. The number of piperidine rings is 1. The van der Waals surface area contributed by atoms with Crippen molar-refractivity contribution in [1.29, 1.82) is 0 Å². The van der Waals surface area contributed by atoms with E-state index in [1.807, 2.05) is 6.92 Å². The maximum Gasteiger partial charge on any atom is 0.246 e. The average molecular weight is 428 g/mol. The van der Waals surface area contributed by atoms with Crippen LogP contribution in [0.2, 0.25) is 5.02 Å². The first-order chi connectivity index (χ1) is 11.8. The quantitative estimate of drug-likeness (QED) is 0.731. The lowest BCUT2D eigenvalue weighted by Crippen LogP contribution is -2.41. The predicted octanol–water partition coefficient (Wildman–Crippen LogP) is 2.87. The lowest BCUT2D eigenvalue weighted by atomic mass is 9.98. The predicted molar refractivity (Wildman–Crippen MR) is 103 cm³/mol. The lowest BCUT2D eigenvalue weighted by Gasteiger charge is -2.31. The fourth-order valence-electron chi connectivity index (χ4n) is 2.85. The van der Waals surface area contributed by atoms with E-state index in [9.17, 15) is 17.6 Å². The zero-order chi connectivity index (χ0) is 18.6. The molecule has 1 heterocycles. The van der Waals surface area contributed by atoms with E-state index in [4.69, 9.17) is 11.6 Å². The summed E-state index contributed by atoms with van der Waals surface area (Å²) in [6.45, 7) is 5.72. The molecule has 0 spiro atoms. The summed E-state index contributed by atoms with van der Waals surface area (Å²) in [6, 6.07) is 2.00. The Balaban J connectivity index is 0.00000338. The fourth-order valence-corrected chi connectivity index (χ4v) is 4.67. The highest BCUT2D eigenvalue weighted by atomic mass is 35.5. The molecule has 6 nitrogen and oxygen atoms in total. The molecule has 1 aliphatic heterocycles. The second-order valence-electron chi connectivity index (χ2n) is 6.10. The van der Waals surface area contributed by atoms with Crippen molar-refractivity contribution in [3.05, 3.63) is 23.0 Å². The molecule has 1 fully saturated rings. The first-order valence-corrected chi connectivity index (χ1v) is 10.0. The number of hydrogen-bond acceptors (Lipinski definition) is 4. The van der Waals surface area contributed by atoms with Gasteiger partial charge in [0.15, 0.2) is 0 Å². The Kier molecular flexibility index (Phi) is 8.75. The van der Waals surface area contributed by atoms with Crippen molar-refractivity contribution in [2.45, 2.75) is 31.6 Å². The first-order valence-electron chi connectivity index (χ1n) is 8.23. The van der Waals surface area contributed by atoms with Crippen LogP contribution in [0.4, 0.5) is 10.1 Å². The molecule has 0 radical (unpaired) electrons. The molecule has 1 aromatic carbocycles. The molecule has 0 aromatic heterocycles. The Hall–Kier alpha value is -0.930. The van der Waals surface area contributed by atoms with Crippen molar-refractivity contribution in [3.63, 3.8) is 0 Å².